The lowest BCUT2D eigenvalue weighted by Gasteiger charge is -2.23. The van der Waals surface area contributed by atoms with Crippen molar-refractivity contribution in [2.45, 2.75) is 32.4 Å². The van der Waals surface area contributed by atoms with Crippen LogP contribution in [0.25, 0.3) is 0 Å². The smallest absolute Gasteiger partial charge is 0.275 e. The first kappa shape index (κ1) is 15.2. The van der Waals surface area contributed by atoms with Gasteiger partial charge in [0, 0.05) is 25.2 Å². The molecule has 0 amide bonds. The number of nitrogens with one attached hydrogen (secondary N) is 1. The van der Waals surface area contributed by atoms with Crippen LogP contribution in [0.1, 0.15) is 25.3 Å². The van der Waals surface area contributed by atoms with Gasteiger partial charge in [0.05, 0.1) is 15.5 Å². The zero-order valence-corrected chi connectivity index (χ0v) is 12.4. The Hall–Kier alpha value is -1.17. The predicted molar refractivity (Wildman–Crippen MR) is 80.1 cm³/mol. The summed E-state index contributed by atoms with van der Waals surface area (Å²) < 4.78 is 0. The second-order valence-corrected chi connectivity index (χ2v) is 5.46. The lowest BCUT2D eigenvalue weighted by molar-refractivity contribution is -0.385. The molecule has 2 rings (SSSR count). The van der Waals surface area contributed by atoms with Gasteiger partial charge in [0.25, 0.3) is 5.69 Å². The van der Waals surface area contributed by atoms with Gasteiger partial charge in [-0.1, -0.05) is 24.6 Å². The molecule has 0 bridgehead atoms. The lowest BCUT2D eigenvalue weighted by atomic mass is 10.1. The number of benzene rings is 1. The van der Waals surface area contributed by atoms with Crippen LogP contribution in [0.15, 0.2) is 18.2 Å². The fraction of sp³-hybridized carbons (Fsp3) is 0.571. The van der Waals surface area contributed by atoms with E-state index in [1.807, 2.05) is 0 Å². The van der Waals surface area contributed by atoms with E-state index in [2.05, 4.69) is 17.1 Å². The van der Waals surface area contributed by atoms with E-state index in [4.69, 9.17) is 11.6 Å². The summed E-state index contributed by atoms with van der Waals surface area (Å²) in [7, 11) is 0. The Bertz CT molecular complexity index is 481. The van der Waals surface area contributed by atoms with Crippen LogP contribution < -0.4 is 5.32 Å². The average Bonchev–Trinajstić information content (AvgIpc) is 2.87. The van der Waals surface area contributed by atoms with E-state index in [9.17, 15) is 10.1 Å². The summed E-state index contributed by atoms with van der Waals surface area (Å²) in [5.74, 6) is 0. The number of likely N-dealkylation sites (N-methyl/N-ethyl adjacent to an activating group) is 1. The van der Waals surface area contributed by atoms with Gasteiger partial charge >= 0.3 is 0 Å². The quantitative estimate of drug-likeness (QED) is 0.648. The molecule has 1 aliphatic rings. The van der Waals surface area contributed by atoms with Crippen LogP contribution in [0.5, 0.6) is 0 Å². The molecular weight excluding hydrogens is 278 g/mol. The summed E-state index contributed by atoms with van der Waals surface area (Å²) in [4.78, 5) is 13.1. The third-order valence-electron chi connectivity index (χ3n) is 3.88. The van der Waals surface area contributed by atoms with E-state index >= 15 is 0 Å². The normalized spacial score (nSPS) is 19.4. The van der Waals surface area contributed by atoms with E-state index in [1.165, 1.54) is 18.9 Å². The molecule has 6 heteroatoms. The van der Waals surface area contributed by atoms with E-state index in [0.29, 0.717) is 23.2 Å². The topological polar surface area (TPSA) is 58.4 Å². The Morgan fingerprint density at radius 1 is 1.55 bits per heavy atom. The Kier molecular flexibility index (Phi) is 5.34. The first-order valence-corrected chi connectivity index (χ1v) is 7.37. The Morgan fingerprint density at radius 2 is 2.35 bits per heavy atom. The summed E-state index contributed by atoms with van der Waals surface area (Å²) in [6.07, 6.45) is 2.41. The number of hydrogen-bond donors (Lipinski definition) is 1. The fourth-order valence-corrected chi connectivity index (χ4v) is 3.04. The summed E-state index contributed by atoms with van der Waals surface area (Å²) in [6, 6.07) is 5.33. The first-order chi connectivity index (χ1) is 9.63. The molecule has 20 heavy (non-hydrogen) atoms. The highest BCUT2D eigenvalue weighted by Gasteiger charge is 2.23. The van der Waals surface area contributed by atoms with Gasteiger partial charge in [-0.15, -0.1) is 0 Å². The van der Waals surface area contributed by atoms with Crippen molar-refractivity contribution in [2.24, 2.45) is 0 Å². The Balaban J connectivity index is 1.96. The number of halogens is 1. The Morgan fingerprint density at radius 3 is 3.05 bits per heavy atom. The molecule has 0 saturated carbocycles. The first-order valence-electron chi connectivity index (χ1n) is 7.00. The fourth-order valence-electron chi connectivity index (χ4n) is 2.80. The molecule has 1 atom stereocenters. The molecule has 0 aliphatic carbocycles. The van der Waals surface area contributed by atoms with Crippen molar-refractivity contribution in [3.8, 4) is 0 Å². The van der Waals surface area contributed by atoms with E-state index in [-0.39, 0.29) is 10.6 Å². The van der Waals surface area contributed by atoms with E-state index in [0.717, 1.165) is 19.6 Å². The van der Waals surface area contributed by atoms with Crippen molar-refractivity contribution < 1.29 is 4.92 Å². The third-order valence-corrected chi connectivity index (χ3v) is 4.23. The van der Waals surface area contributed by atoms with Gasteiger partial charge in [0.2, 0.25) is 0 Å². The molecule has 1 unspecified atom stereocenters. The third kappa shape index (κ3) is 3.48. The summed E-state index contributed by atoms with van der Waals surface area (Å²) in [6.45, 7) is 5.64. The minimum atomic E-state index is -0.378. The van der Waals surface area contributed by atoms with Crippen LogP contribution in [0.3, 0.4) is 0 Å². The van der Waals surface area contributed by atoms with Crippen LogP contribution >= 0.6 is 11.6 Å². The van der Waals surface area contributed by atoms with Gasteiger partial charge in [0.15, 0.2) is 0 Å². The van der Waals surface area contributed by atoms with Crippen LogP contribution in [-0.2, 0) is 6.54 Å². The van der Waals surface area contributed by atoms with Crippen LogP contribution in [-0.4, -0.2) is 35.5 Å². The number of likely N-dealkylation sites (tertiary alicyclic amines) is 1. The summed E-state index contributed by atoms with van der Waals surface area (Å²) >= 11 is 6.07. The number of rotatable bonds is 6. The zero-order chi connectivity index (χ0) is 14.5. The van der Waals surface area contributed by atoms with Crippen LogP contribution in [0, 0.1) is 10.1 Å². The minimum Gasteiger partial charge on any atom is -0.311 e. The number of hydrogen-bond acceptors (Lipinski definition) is 4. The molecule has 0 aromatic heterocycles. The number of nitrogens with zero attached hydrogens (tertiary/aromatic N) is 2. The van der Waals surface area contributed by atoms with Crippen LogP contribution in [0.2, 0.25) is 5.02 Å². The van der Waals surface area contributed by atoms with Gasteiger partial charge in [-0.3, -0.25) is 15.0 Å². The maximum absolute atomic E-state index is 11.0. The molecule has 1 N–H and O–H groups in total. The van der Waals surface area contributed by atoms with Crippen molar-refractivity contribution in [3.05, 3.63) is 38.9 Å². The molecule has 1 saturated heterocycles. The molecule has 1 aliphatic heterocycles. The molecule has 1 aromatic rings. The summed E-state index contributed by atoms with van der Waals surface area (Å²) in [5, 5.41) is 14.8. The number of nitro groups is 1. The molecule has 1 fully saturated rings. The molecule has 5 nitrogen and oxygen atoms in total. The second-order valence-electron chi connectivity index (χ2n) is 5.05. The van der Waals surface area contributed by atoms with Crippen molar-refractivity contribution in [3.63, 3.8) is 0 Å². The average molecular weight is 298 g/mol. The molecule has 1 aromatic carbocycles. The molecule has 1 heterocycles. The number of nitro benzene ring substituents is 1. The standard InChI is InChI=1S/C14H20ClN3O2/c1-2-17-8-4-5-11(17)9-16-10-12-13(15)6-3-7-14(12)18(19)20/h3,6-7,11,16H,2,4-5,8-10H2,1H3. The minimum absolute atomic E-state index is 0.0868. The van der Waals surface area contributed by atoms with Crippen molar-refractivity contribution in [1.82, 2.24) is 10.2 Å². The van der Waals surface area contributed by atoms with Gasteiger partial charge in [-0.2, -0.15) is 0 Å². The zero-order valence-electron chi connectivity index (χ0n) is 11.6. The van der Waals surface area contributed by atoms with Crippen LogP contribution in [0.4, 0.5) is 5.69 Å². The van der Waals surface area contributed by atoms with Gasteiger partial charge in [-0.25, -0.2) is 0 Å². The molecule has 0 radical (unpaired) electrons. The van der Waals surface area contributed by atoms with Gasteiger partial charge in [0.1, 0.15) is 0 Å². The highest BCUT2D eigenvalue weighted by Crippen LogP contribution is 2.26. The Labute approximate surface area is 124 Å². The van der Waals surface area contributed by atoms with Crippen molar-refractivity contribution in [1.29, 1.82) is 0 Å². The van der Waals surface area contributed by atoms with Gasteiger partial charge in [-0.05, 0) is 32.0 Å². The monoisotopic (exact) mass is 297 g/mol. The molecule has 0 spiro atoms. The van der Waals surface area contributed by atoms with Gasteiger partial charge < -0.3 is 5.32 Å². The summed E-state index contributed by atoms with van der Waals surface area (Å²) in [5.41, 5.74) is 0.656. The highest BCUT2D eigenvalue weighted by molar-refractivity contribution is 6.31. The van der Waals surface area contributed by atoms with Crippen molar-refractivity contribution in [2.75, 3.05) is 19.6 Å². The molecular formula is C14H20ClN3O2. The van der Waals surface area contributed by atoms with E-state index < -0.39 is 0 Å². The lowest BCUT2D eigenvalue weighted by Crippen LogP contribution is -2.37. The largest absolute Gasteiger partial charge is 0.311 e. The maximum Gasteiger partial charge on any atom is 0.275 e. The SMILES string of the molecule is CCN1CCCC1CNCc1c(Cl)cccc1[N+](=O)[O-]. The predicted octanol–water partition coefficient (Wildman–Crippen LogP) is 2.82. The maximum atomic E-state index is 11.0. The second kappa shape index (κ2) is 7.02. The van der Waals surface area contributed by atoms with Crippen molar-refractivity contribution >= 4 is 17.3 Å². The molecule has 110 valence electrons. The highest BCUT2D eigenvalue weighted by atomic mass is 35.5. The van der Waals surface area contributed by atoms with E-state index in [1.54, 1.807) is 12.1 Å².